The van der Waals surface area contributed by atoms with Crippen molar-refractivity contribution in [3.63, 3.8) is 0 Å². The van der Waals surface area contributed by atoms with E-state index in [1.807, 2.05) is 25.1 Å². The van der Waals surface area contributed by atoms with Crippen molar-refractivity contribution >= 4 is 28.7 Å². The molecule has 0 aliphatic rings. The van der Waals surface area contributed by atoms with Gasteiger partial charge in [-0.25, -0.2) is 4.39 Å². The van der Waals surface area contributed by atoms with E-state index in [0.717, 1.165) is 16.9 Å². The molecule has 0 atom stereocenters. The smallest absolute Gasteiger partial charge is 0.141 e. The molecule has 0 radical (unpaired) electrons. The molecule has 2 aromatic carbocycles. The van der Waals surface area contributed by atoms with E-state index in [4.69, 9.17) is 17.3 Å². The molecule has 0 aliphatic carbocycles. The van der Waals surface area contributed by atoms with E-state index < -0.39 is 5.82 Å². The molecule has 0 spiro atoms. The Morgan fingerprint density at radius 1 is 1.12 bits per heavy atom. The third kappa shape index (κ3) is 2.68. The largest absolute Gasteiger partial charge is 0.398 e. The van der Waals surface area contributed by atoms with Crippen LogP contribution in [0.3, 0.4) is 0 Å². The maximum absolute atomic E-state index is 13.0. The predicted molar refractivity (Wildman–Crippen MR) is 70.3 cm³/mol. The molecule has 3 N–H and O–H groups in total. The van der Waals surface area contributed by atoms with Crippen molar-refractivity contribution in [3.05, 3.63) is 52.8 Å². The van der Waals surface area contributed by atoms with Crippen LogP contribution in [0, 0.1) is 12.7 Å². The van der Waals surface area contributed by atoms with Gasteiger partial charge in [0, 0.05) is 17.1 Å². The molecule has 0 aromatic heterocycles. The molecule has 0 bridgehead atoms. The average molecular weight is 251 g/mol. The van der Waals surface area contributed by atoms with Gasteiger partial charge in [0.05, 0.1) is 5.02 Å². The lowest BCUT2D eigenvalue weighted by atomic mass is 10.2. The minimum absolute atomic E-state index is 0.0927. The summed E-state index contributed by atoms with van der Waals surface area (Å²) >= 11 is 5.70. The van der Waals surface area contributed by atoms with Crippen LogP contribution in [0.4, 0.5) is 21.5 Å². The van der Waals surface area contributed by atoms with Gasteiger partial charge in [0.15, 0.2) is 0 Å². The fourth-order valence-corrected chi connectivity index (χ4v) is 1.64. The van der Waals surface area contributed by atoms with Crippen molar-refractivity contribution in [1.82, 2.24) is 0 Å². The summed E-state index contributed by atoms with van der Waals surface area (Å²) in [6, 6.07) is 10.1. The highest BCUT2D eigenvalue weighted by atomic mass is 35.5. The lowest BCUT2D eigenvalue weighted by Crippen LogP contribution is -1.94. The van der Waals surface area contributed by atoms with Crippen LogP contribution in [0.1, 0.15) is 5.56 Å². The number of anilines is 3. The van der Waals surface area contributed by atoms with Crippen molar-refractivity contribution < 1.29 is 4.39 Å². The molecule has 2 rings (SSSR count). The Morgan fingerprint density at radius 3 is 2.41 bits per heavy atom. The lowest BCUT2D eigenvalue weighted by Gasteiger charge is -2.09. The number of nitrogens with one attached hydrogen (secondary N) is 1. The van der Waals surface area contributed by atoms with Gasteiger partial charge in [0.1, 0.15) is 5.82 Å². The number of nitrogen functional groups attached to an aromatic ring is 1. The maximum atomic E-state index is 13.0. The summed E-state index contributed by atoms with van der Waals surface area (Å²) in [4.78, 5) is 0. The molecule has 0 fully saturated rings. The number of halogens is 2. The summed E-state index contributed by atoms with van der Waals surface area (Å²) in [5, 5.41) is 3.20. The van der Waals surface area contributed by atoms with E-state index in [2.05, 4.69) is 5.32 Å². The van der Waals surface area contributed by atoms with E-state index in [0.29, 0.717) is 5.69 Å². The Balaban J connectivity index is 2.25. The van der Waals surface area contributed by atoms with E-state index >= 15 is 0 Å². The number of hydrogen-bond acceptors (Lipinski definition) is 2. The molecule has 2 nitrogen and oxygen atoms in total. The molecule has 4 heteroatoms. The second kappa shape index (κ2) is 4.63. The van der Waals surface area contributed by atoms with Gasteiger partial charge in [-0.3, -0.25) is 0 Å². The summed E-state index contributed by atoms with van der Waals surface area (Å²) < 4.78 is 13.0. The van der Waals surface area contributed by atoms with Crippen LogP contribution in [0.2, 0.25) is 5.02 Å². The fraction of sp³-hybridized carbons (Fsp3) is 0.0769. The first-order valence-corrected chi connectivity index (χ1v) is 5.52. The van der Waals surface area contributed by atoms with Crippen molar-refractivity contribution in [2.24, 2.45) is 0 Å². The van der Waals surface area contributed by atoms with Gasteiger partial charge in [0.2, 0.25) is 0 Å². The number of aryl methyl sites for hydroxylation is 1. The third-order valence-electron chi connectivity index (χ3n) is 2.49. The third-order valence-corrected chi connectivity index (χ3v) is 2.78. The Labute approximate surface area is 104 Å². The quantitative estimate of drug-likeness (QED) is 0.787. The highest BCUT2D eigenvalue weighted by molar-refractivity contribution is 6.31. The Bertz CT molecular complexity index is 506. The summed E-state index contributed by atoms with van der Waals surface area (Å²) in [7, 11) is 0. The number of hydrogen-bond donors (Lipinski definition) is 2. The summed E-state index contributed by atoms with van der Waals surface area (Å²) in [6.07, 6.45) is 0. The monoisotopic (exact) mass is 250 g/mol. The van der Waals surface area contributed by atoms with Crippen LogP contribution in [-0.4, -0.2) is 0 Å². The van der Waals surface area contributed by atoms with Gasteiger partial charge < -0.3 is 11.1 Å². The average Bonchev–Trinajstić information content (AvgIpc) is 2.29. The zero-order chi connectivity index (χ0) is 12.4. The predicted octanol–water partition coefficient (Wildman–Crippen LogP) is 4.11. The van der Waals surface area contributed by atoms with E-state index in [9.17, 15) is 4.39 Å². The fourth-order valence-electron chi connectivity index (χ4n) is 1.46. The van der Waals surface area contributed by atoms with Gasteiger partial charge in [-0.2, -0.15) is 0 Å². The lowest BCUT2D eigenvalue weighted by molar-refractivity contribution is 0.628. The minimum atomic E-state index is -0.430. The van der Waals surface area contributed by atoms with Crippen LogP contribution in [-0.2, 0) is 0 Å². The summed E-state index contributed by atoms with van der Waals surface area (Å²) in [5.41, 5.74) is 9.10. The Morgan fingerprint density at radius 2 is 1.76 bits per heavy atom. The van der Waals surface area contributed by atoms with Gasteiger partial charge in [-0.05, 0) is 42.8 Å². The first-order chi connectivity index (χ1) is 8.06. The molecular formula is C13H12ClFN2. The van der Waals surface area contributed by atoms with Gasteiger partial charge >= 0.3 is 0 Å². The minimum Gasteiger partial charge on any atom is -0.398 e. The van der Waals surface area contributed by atoms with Gasteiger partial charge in [-0.1, -0.05) is 17.7 Å². The molecule has 0 heterocycles. The van der Waals surface area contributed by atoms with Crippen molar-refractivity contribution in [2.75, 3.05) is 11.1 Å². The van der Waals surface area contributed by atoms with Crippen LogP contribution < -0.4 is 11.1 Å². The number of rotatable bonds is 2. The standard InChI is InChI=1S/C13H12ClFN2/c1-8-2-3-10(7-13(8)16)17-9-4-5-12(15)11(14)6-9/h2-7,17H,16H2,1H3. The zero-order valence-electron chi connectivity index (χ0n) is 9.30. The summed E-state index contributed by atoms with van der Waals surface area (Å²) in [6.45, 7) is 1.94. The SMILES string of the molecule is Cc1ccc(Nc2ccc(F)c(Cl)c2)cc1N. The second-order valence-electron chi connectivity index (χ2n) is 3.83. The first kappa shape index (κ1) is 11.7. The number of benzene rings is 2. The van der Waals surface area contributed by atoms with Crippen LogP contribution in [0.15, 0.2) is 36.4 Å². The molecule has 0 saturated carbocycles. The van der Waals surface area contributed by atoms with Crippen LogP contribution >= 0.6 is 11.6 Å². The highest BCUT2D eigenvalue weighted by Gasteiger charge is 2.02. The molecule has 0 saturated heterocycles. The molecule has 17 heavy (non-hydrogen) atoms. The number of nitrogens with two attached hydrogens (primary N) is 1. The molecule has 88 valence electrons. The molecule has 0 amide bonds. The normalized spacial score (nSPS) is 10.3. The van der Waals surface area contributed by atoms with Gasteiger partial charge in [0.25, 0.3) is 0 Å². The maximum Gasteiger partial charge on any atom is 0.141 e. The van der Waals surface area contributed by atoms with Gasteiger partial charge in [-0.15, -0.1) is 0 Å². The molecule has 0 unspecified atom stereocenters. The highest BCUT2D eigenvalue weighted by Crippen LogP contribution is 2.24. The molecule has 0 aliphatic heterocycles. The first-order valence-electron chi connectivity index (χ1n) is 5.14. The van der Waals surface area contributed by atoms with E-state index in [1.165, 1.54) is 12.1 Å². The van der Waals surface area contributed by atoms with Crippen LogP contribution in [0.25, 0.3) is 0 Å². The van der Waals surface area contributed by atoms with Crippen LogP contribution in [0.5, 0.6) is 0 Å². The topological polar surface area (TPSA) is 38.0 Å². The summed E-state index contributed by atoms with van der Waals surface area (Å²) in [5.74, 6) is -0.430. The van der Waals surface area contributed by atoms with Crippen molar-refractivity contribution in [2.45, 2.75) is 6.92 Å². The molecule has 2 aromatic rings. The van der Waals surface area contributed by atoms with E-state index in [-0.39, 0.29) is 5.02 Å². The zero-order valence-corrected chi connectivity index (χ0v) is 10.1. The Kier molecular flexibility index (Phi) is 3.20. The second-order valence-corrected chi connectivity index (χ2v) is 4.23. The van der Waals surface area contributed by atoms with Crippen molar-refractivity contribution in [1.29, 1.82) is 0 Å². The van der Waals surface area contributed by atoms with E-state index in [1.54, 1.807) is 6.07 Å². The molecular weight excluding hydrogens is 239 g/mol. The Hall–Kier alpha value is -1.74. The van der Waals surface area contributed by atoms with Crippen molar-refractivity contribution in [3.8, 4) is 0 Å².